The molecule has 33 heavy (non-hydrogen) atoms. The molecule has 2 heterocycles. The Morgan fingerprint density at radius 3 is 2.55 bits per heavy atom. The van der Waals surface area contributed by atoms with Gasteiger partial charge in [-0.3, -0.25) is 9.59 Å². The lowest BCUT2D eigenvalue weighted by molar-refractivity contribution is -0.140. The van der Waals surface area contributed by atoms with Gasteiger partial charge in [0.1, 0.15) is 18.1 Å². The summed E-state index contributed by atoms with van der Waals surface area (Å²) in [4.78, 5) is 27.9. The van der Waals surface area contributed by atoms with Crippen molar-refractivity contribution in [1.29, 1.82) is 0 Å². The second-order valence-corrected chi connectivity index (χ2v) is 8.78. The van der Waals surface area contributed by atoms with E-state index in [0.717, 1.165) is 10.4 Å². The number of hydrogen-bond donors (Lipinski definition) is 1. The molecule has 0 radical (unpaired) electrons. The topological polar surface area (TPSA) is 76.1 Å². The highest BCUT2D eigenvalue weighted by Gasteiger charge is 2.46. The van der Waals surface area contributed by atoms with Gasteiger partial charge in [-0.25, -0.2) is 0 Å². The fourth-order valence-electron chi connectivity index (χ4n) is 3.88. The summed E-state index contributed by atoms with van der Waals surface area (Å²) in [5.41, 5.74) is 2.77. The van der Waals surface area contributed by atoms with E-state index in [1.807, 2.05) is 42.6 Å². The fraction of sp³-hybridized carbons (Fsp3) is 0.231. The van der Waals surface area contributed by atoms with E-state index >= 15 is 0 Å². The molecule has 7 heteroatoms. The highest BCUT2D eigenvalue weighted by molar-refractivity contribution is 7.10. The van der Waals surface area contributed by atoms with Crippen LogP contribution in [0.25, 0.3) is 5.76 Å². The Labute approximate surface area is 196 Å². The van der Waals surface area contributed by atoms with Gasteiger partial charge in [0.25, 0.3) is 11.7 Å². The van der Waals surface area contributed by atoms with Gasteiger partial charge in [0.15, 0.2) is 0 Å². The average molecular weight is 464 g/mol. The summed E-state index contributed by atoms with van der Waals surface area (Å²) in [6, 6.07) is 18.0. The van der Waals surface area contributed by atoms with E-state index in [2.05, 4.69) is 6.07 Å². The van der Waals surface area contributed by atoms with Gasteiger partial charge in [-0.15, -0.1) is 11.3 Å². The van der Waals surface area contributed by atoms with Crippen LogP contribution >= 0.6 is 11.3 Å². The molecule has 1 saturated heterocycles. The summed E-state index contributed by atoms with van der Waals surface area (Å²) in [6.07, 6.45) is 0. The van der Waals surface area contributed by atoms with Crippen LogP contribution in [-0.4, -0.2) is 42.0 Å². The molecule has 1 amide bonds. The molecule has 0 bridgehead atoms. The third kappa shape index (κ3) is 4.84. The third-order valence-electron chi connectivity index (χ3n) is 5.50. The summed E-state index contributed by atoms with van der Waals surface area (Å²) in [5.74, 6) is -0.882. The number of Topliss-reactive ketones (excluding diaryl/α,β-unsaturated/α-hetero) is 1. The number of thiophene rings is 1. The monoisotopic (exact) mass is 463 g/mol. The molecule has 170 valence electrons. The summed E-state index contributed by atoms with van der Waals surface area (Å²) in [5, 5.41) is 12.9. The molecule has 0 unspecified atom stereocenters. The Balaban J connectivity index is 1.60. The number of ether oxygens (including phenoxy) is 2. The van der Waals surface area contributed by atoms with E-state index in [9.17, 15) is 14.7 Å². The molecule has 0 aliphatic carbocycles. The predicted molar refractivity (Wildman–Crippen MR) is 127 cm³/mol. The number of benzene rings is 2. The normalized spacial score (nSPS) is 17.5. The van der Waals surface area contributed by atoms with E-state index in [0.29, 0.717) is 24.5 Å². The predicted octanol–water partition coefficient (Wildman–Crippen LogP) is 4.70. The van der Waals surface area contributed by atoms with Crippen LogP contribution in [0.15, 0.2) is 71.6 Å². The zero-order valence-corrected chi connectivity index (χ0v) is 19.3. The highest BCUT2D eigenvalue weighted by atomic mass is 32.1. The van der Waals surface area contributed by atoms with Gasteiger partial charge in [-0.05, 0) is 48.2 Å². The first kappa shape index (κ1) is 22.8. The van der Waals surface area contributed by atoms with E-state index in [4.69, 9.17) is 9.47 Å². The van der Waals surface area contributed by atoms with Crippen LogP contribution in [0.4, 0.5) is 0 Å². The quantitative estimate of drug-likeness (QED) is 0.298. The second kappa shape index (κ2) is 10.0. The number of rotatable bonds is 8. The number of amides is 1. The van der Waals surface area contributed by atoms with E-state index < -0.39 is 17.7 Å². The number of aliphatic hydroxyl groups is 1. The zero-order valence-electron chi connectivity index (χ0n) is 18.5. The lowest BCUT2D eigenvalue weighted by atomic mass is 10.00. The first-order valence-electron chi connectivity index (χ1n) is 10.6. The van der Waals surface area contributed by atoms with Gasteiger partial charge in [-0.2, -0.15) is 0 Å². The van der Waals surface area contributed by atoms with Gasteiger partial charge < -0.3 is 19.5 Å². The van der Waals surface area contributed by atoms with Gasteiger partial charge >= 0.3 is 0 Å². The Morgan fingerprint density at radius 1 is 1.09 bits per heavy atom. The first-order valence-corrected chi connectivity index (χ1v) is 11.5. The lowest BCUT2D eigenvalue weighted by Gasteiger charge is -2.23. The van der Waals surface area contributed by atoms with Crippen molar-refractivity contribution in [1.82, 2.24) is 4.90 Å². The SMILES string of the molecule is COCCN1C(=O)C(=O)C(=C(O)c2ccc(OCc3cccc(C)c3)cc2)[C@H]1c1cccs1. The fourth-order valence-corrected chi connectivity index (χ4v) is 4.72. The Morgan fingerprint density at radius 2 is 1.88 bits per heavy atom. The number of aliphatic hydroxyl groups excluding tert-OH is 1. The van der Waals surface area contributed by atoms with Crippen molar-refractivity contribution in [3.05, 3.63) is 93.2 Å². The molecule has 1 N–H and O–H groups in total. The minimum Gasteiger partial charge on any atom is -0.507 e. The number of carbonyl (C=O) groups is 2. The average Bonchev–Trinajstić information content (AvgIpc) is 3.43. The minimum absolute atomic E-state index is 0.0898. The number of hydrogen-bond acceptors (Lipinski definition) is 6. The molecule has 1 aliphatic rings. The number of nitrogens with zero attached hydrogens (tertiary/aromatic N) is 1. The van der Waals surface area contributed by atoms with Crippen LogP contribution in [0.5, 0.6) is 5.75 Å². The maximum Gasteiger partial charge on any atom is 0.295 e. The number of aryl methyl sites for hydroxylation is 1. The Kier molecular flexibility index (Phi) is 6.91. The summed E-state index contributed by atoms with van der Waals surface area (Å²) < 4.78 is 11.0. The van der Waals surface area contributed by atoms with Crippen molar-refractivity contribution in [2.75, 3.05) is 20.3 Å². The van der Waals surface area contributed by atoms with Gasteiger partial charge in [0.05, 0.1) is 18.2 Å². The van der Waals surface area contributed by atoms with Crippen molar-refractivity contribution in [3.63, 3.8) is 0 Å². The molecule has 4 rings (SSSR count). The van der Waals surface area contributed by atoms with Gasteiger partial charge in [0.2, 0.25) is 0 Å². The molecule has 6 nitrogen and oxygen atoms in total. The van der Waals surface area contributed by atoms with E-state index in [-0.39, 0.29) is 17.9 Å². The van der Waals surface area contributed by atoms with Crippen LogP contribution < -0.4 is 4.74 Å². The maximum atomic E-state index is 12.9. The largest absolute Gasteiger partial charge is 0.507 e. The molecule has 1 atom stereocenters. The molecule has 3 aromatic rings. The third-order valence-corrected chi connectivity index (χ3v) is 6.43. The van der Waals surface area contributed by atoms with Crippen molar-refractivity contribution in [2.45, 2.75) is 19.6 Å². The van der Waals surface area contributed by atoms with Crippen LogP contribution in [0.1, 0.15) is 27.6 Å². The smallest absolute Gasteiger partial charge is 0.295 e. The molecular formula is C26H25NO5S. The second-order valence-electron chi connectivity index (χ2n) is 7.80. The maximum absolute atomic E-state index is 12.9. The number of carbonyl (C=O) groups excluding carboxylic acids is 2. The van der Waals surface area contributed by atoms with Crippen LogP contribution in [0.2, 0.25) is 0 Å². The summed E-state index contributed by atoms with van der Waals surface area (Å²) in [6.45, 7) is 3.01. The molecule has 0 saturated carbocycles. The standard InChI is InChI=1S/C26H25NO5S/c1-17-5-3-6-18(15-17)16-32-20-10-8-19(9-11-20)24(28)22-23(21-7-4-14-33-21)27(12-13-31-2)26(30)25(22)29/h3-11,14-15,23,28H,12-13,16H2,1-2H3/t23-/m1/s1. The number of ketones is 1. The molecular weight excluding hydrogens is 438 g/mol. The van der Waals surface area contributed by atoms with Crippen molar-refractivity contribution in [3.8, 4) is 5.75 Å². The Bertz CT molecular complexity index is 1170. The Hall–Kier alpha value is -3.42. The van der Waals surface area contributed by atoms with Crippen LogP contribution in [-0.2, 0) is 20.9 Å². The van der Waals surface area contributed by atoms with Crippen LogP contribution in [0.3, 0.4) is 0 Å². The minimum atomic E-state index is -0.693. The molecule has 1 aromatic heterocycles. The van der Waals surface area contributed by atoms with Gasteiger partial charge in [-0.1, -0.05) is 35.9 Å². The van der Waals surface area contributed by atoms with Gasteiger partial charge in [0, 0.05) is 24.1 Å². The number of methoxy groups -OCH3 is 1. The van der Waals surface area contributed by atoms with E-state index in [1.54, 1.807) is 31.4 Å². The molecule has 1 fully saturated rings. The van der Waals surface area contributed by atoms with Crippen molar-refractivity contribution < 1.29 is 24.2 Å². The van der Waals surface area contributed by atoms with E-state index in [1.165, 1.54) is 21.8 Å². The molecule has 2 aromatic carbocycles. The lowest BCUT2D eigenvalue weighted by Crippen LogP contribution is -2.32. The first-order chi connectivity index (χ1) is 16.0. The van der Waals surface area contributed by atoms with Crippen molar-refractivity contribution in [2.24, 2.45) is 0 Å². The highest BCUT2D eigenvalue weighted by Crippen LogP contribution is 2.41. The summed E-state index contributed by atoms with van der Waals surface area (Å²) in [7, 11) is 1.54. The summed E-state index contributed by atoms with van der Waals surface area (Å²) >= 11 is 1.43. The molecule has 1 aliphatic heterocycles. The van der Waals surface area contributed by atoms with Crippen LogP contribution in [0, 0.1) is 6.92 Å². The molecule has 0 spiro atoms. The van der Waals surface area contributed by atoms with Crippen molar-refractivity contribution >= 4 is 28.8 Å². The number of likely N-dealkylation sites (tertiary alicyclic amines) is 1. The zero-order chi connectivity index (χ0) is 23.4.